The summed E-state index contributed by atoms with van der Waals surface area (Å²) in [5.74, 6) is 0.535. The van der Waals surface area contributed by atoms with Gasteiger partial charge in [-0.2, -0.15) is 0 Å². The second kappa shape index (κ2) is 87.6. The Morgan fingerprint density at radius 3 is 0.472 bits per heavy atom. The first-order valence-corrected chi connectivity index (χ1v) is 55.6. The van der Waals surface area contributed by atoms with E-state index in [0.29, 0.717) is 39.4 Å². The number of carboxylic acid groups (broad SMARTS) is 12. The van der Waals surface area contributed by atoms with Gasteiger partial charge in [-0.15, -0.1) is 0 Å². The summed E-state index contributed by atoms with van der Waals surface area (Å²) < 4.78 is 33.0. The summed E-state index contributed by atoms with van der Waals surface area (Å²) >= 11 is -1.98. The van der Waals surface area contributed by atoms with E-state index in [2.05, 4.69) is 0 Å². The van der Waals surface area contributed by atoms with Crippen molar-refractivity contribution >= 4 is 89.5 Å². The van der Waals surface area contributed by atoms with Gasteiger partial charge in [-0.3, -0.25) is 117 Å². The fourth-order valence-corrected chi connectivity index (χ4v) is 15.9. The molecule has 0 amide bonds. The van der Waals surface area contributed by atoms with Crippen LogP contribution in [0.15, 0.2) is 0 Å². The maximum absolute atomic E-state index is 11.8. The predicted octanol–water partition coefficient (Wildman–Crippen LogP) is -17.9. The molecule has 4 unspecified atom stereocenters. The number of hydrogen-bond donors (Lipinski definition) is 12. The molecule has 839 valence electrons. The Morgan fingerprint density at radius 2 is 0.347 bits per heavy atom. The molecule has 4 heterocycles. The van der Waals surface area contributed by atoms with Crippen molar-refractivity contribution in [1.29, 1.82) is 0 Å². The monoisotopic (exact) mass is 2570 g/mol. The molecule has 54 nitrogen and oxygen atoms in total. The van der Waals surface area contributed by atoms with Crippen LogP contribution in [0.2, 0.25) is 0 Å². The summed E-state index contributed by atoms with van der Waals surface area (Å²) in [6.45, 7) is 6.13. The van der Waals surface area contributed by atoms with Crippen molar-refractivity contribution in [2.24, 2.45) is 0 Å². The predicted molar refractivity (Wildman–Crippen MR) is 492 cm³/mol. The molecule has 4 atom stereocenters. The van der Waals surface area contributed by atoms with Crippen LogP contribution in [-0.2, 0) is 86.0 Å². The average molecular weight is 2570 g/mol. The average Bonchev–Trinajstić information content (AvgIpc) is 0.897. The Bertz CT molecular complexity index is 2980. The van der Waals surface area contributed by atoms with Crippen molar-refractivity contribution in [3.63, 3.8) is 0 Å². The molecule has 0 spiro atoms. The summed E-state index contributed by atoms with van der Waals surface area (Å²) in [4.78, 5) is 170. The van der Waals surface area contributed by atoms with E-state index >= 15 is 0 Å². The number of aliphatic carboxylic acids is 12. The molecular weight excluding hydrogens is 2420 g/mol. The Hall–Kier alpha value is -2.72. The van der Waals surface area contributed by atoms with Crippen LogP contribution in [-0.4, -0.2) is 691 Å². The minimum absolute atomic E-state index is 0. The van der Waals surface area contributed by atoms with Gasteiger partial charge in [-0.1, -0.05) is 0 Å². The van der Waals surface area contributed by atoms with Gasteiger partial charge in [0, 0.05) is 314 Å². The fraction of sp³-hybridized carbons (Fsp3) is 0.857. The summed E-state index contributed by atoms with van der Waals surface area (Å²) in [6.07, 6.45) is -4.17. The van der Waals surface area contributed by atoms with Crippen molar-refractivity contribution in [2.45, 2.75) is 24.4 Å². The van der Waals surface area contributed by atoms with Gasteiger partial charge in [0.25, 0.3) is 0 Å². The first-order valence-electron chi connectivity index (χ1n) is 47.1. The summed E-state index contributed by atoms with van der Waals surface area (Å²) in [7, 11) is 0. The number of carbonyl (C=O) groups excluding carboxylic acids is 6. The molecule has 0 aliphatic carbocycles. The first-order chi connectivity index (χ1) is 67.5. The van der Waals surface area contributed by atoms with E-state index in [0.717, 1.165) is 0 Å². The molecule has 0 aromatic rings. The van der Waals surface area contributed by atoms with E-state index < -0.39 is 165 Å². The fourth-order valence-electron chi connectivity index (χ4n) is 15.9. The van der Waals surface area contributed by atoms with Crippen molar-refractivity contribution in [3.05, 3.63) is 0 Å². The van der Waals surface area contributed by atoms with E-state index in [1.54, 1.807) is 53.9 Å². The number of carboxylic acids is 12. The van der Waals surface area contributed by atoms with Gasteiger partial charge in [0.15, 0.2) is 0 Å². The molecule has 0 aromatic carbocycles. The van der Waals surface area contributed by atoms with Gasteiger partial charge >= 0.3 is 163 Å². The zero-order valence-corrected chi connectivity index (χ0v) is 90.9. The van der Waals surface area contributed by atoms with Gasteiger partial charge in [0.1, 0.15) is 0 Å². The molecule has 0 aromatic heterocycles. The summed E-state index contributed by atoms with van der Waals surface area (Å²) in [5, 5.41) is 191. The molecule has 4 aliphatic rings. The topological polar surface area (TPSA) is 700 Å². The van der Waals surface area contributed by atoms with Crippen LogP contribution in [0.25, 0.3) is 0 Å². The second-order valence-electron chi connectivity index (χ2n) is 34.5. The third-order valence-corrected chi connectivity index (χ3v) is 22.8. The molecule has 60 heteroatoms. The number of carbonyl (C=O) groups is 12. The minimum Gasteiger partial charge on any atom is 3.00 e. The zero-order chi connectivity index (χ0) is 106. The number of rotatable bonds is 62. The summed E-state index contributed by atoms with van der Waals surface area (Å²) in [5.41, 5.74) is 0. The van der Waals surface area contributed by atoms with E-state index in [-0.39, 0.29) is 447 Å². The maximum atomic E-state index is 11.8. The van der Waals surface area contributed by atoms with Crippen molar-refractivity contribution < 1.29 is 287 Å². The molecule has 0 saturated carbocycles. The molecule has 2 radical (unpaired) electrons. The number of aliphatic hydroxyl groups is 6. The summed E-state index contributed by atoms with van der Waals surface area (Å²) in [6, 6.07) is 0. The first kappa shape index (κ1) is 141. The Kier molecular flexibility index (Phi) is 85.9. The zero-order valence-electron chi connectivity index (χ0n) is 81.8. The van der Waals surface area contributed by atoms with Gasteiger partial charge in [0.2, 0.25) is 0 Å². The number of ether oxygens (including phenoxy) is 6. The molecular formula is C84H152Cl3Gd3N18O36. The second-order valence-corrected chi connectivity index (χ2v) is 44.5. The molecule has 0 bridgehead atoms. The van der Waals surface area contributed by atoms with Crippen LogP contribution in [0.3, 0.4) is 0 Å². The van der Waals surface area contributed by atoms with Gasteiger partial charge in [-0.05, 0) is 0 Å². The molecule has 4 fully saturated rings. The molecule has 12 N–H and O–H groups in total. The van der Waals surface area contributed by atoms with Crippen LogP contribution < -0.4 is 30.6 Å². The standard InChI is InChI=1S/2C42H79N9O18.3ClH.3Gd/c2*52-18-20-68-22-24-69-23-21-67-19-17-51(27-35(53)25-43-1-5-45(29-37(55)56)9-13-49(33-41(63)64)14-10-46(6-2-43)30-38(57)58)28-36(54)26-44-3-7-47(31-39(59)60)11-15-50(34-42(65)66)16-12-48(8-4-44)32-40(61)62;;;;;;/h2*35-36,52-54H,1-34H2,(H,55,56)(H,57,58)(H,59,60)(H,61,62)(H,63,64)(H,65,66);3*1H;;;/q;;;;;3*+3/p-9. The van der Waals surface area contributed by atoms with Crippen molar-refractivity contribution in [1.82, 2.24) is 88.2 Å². The van der Waals surface area contributed by atoms with Gasteiger partial charge in [0.05, 0.1) is 192 Å². The van der Waals surface area contributed by atoms with E-state index in [4.69, 9.17) is 56.6 Å². The molecule has 144 heavy (non-hydrogen) atoms. The van der Waals surface area contributed by atoms with Gasteiger partial charge in [-0.25, -0.2) is 0 Å². The number of nitrogens with zero attached hydrogens (tertiary/aromatic N) is 18. The smallest absolute Gasteiger partial charge is 3.00 e. The van der Waals surface area contributed by atoms with E-state index in [9.17, 15) is 139 Å². The number of aliphatic hydroxyl groups excluding tert-OH is 6. The van der Waals surface area contributed by atoms with Crippen LogP contribution in [0, 0.1) is 109 Å². The molecule has 4 saturated heterocycles. The Labute approximate surface area is 926 Å². The van der Waals surface area contributed by atoms with Gasteiger partial charge < -0.3 is 149 Å². The largest absolute Gasteiger partial charge is 3.00 e. The van der Waals surface area contributed by atoms with Crippen LogP contribution in [0.1, 0.15) is 0 Å². The van der Waals surface area contributed by atoms with E-state index in [1.165, 1.54) is 9.80 Å². The SMILES string of the molecule is O=C(O)CN1CCN(CC(=O)O)CCN(CC(O)CN(CCOCCOCCOCCO)CC(O)CN2CCN(CC(=O)O)CCN(CC(=O)O)CCN(CC(=O)O)CC2)CCN(CC(=O)O)CC1.O=C([O-])CN1CCN(CC(=O)[O-])CCN(CC(O)CN(CCOCCOCCOCCO)CC(O)CN2CCN(CC(=O)[O-])CCN(CC(=O)[O-])CCN(CC(=O)[O-])CC2)CCN(CC(=O)[O-])CC1.[Cl][Gd]([Cl])[Cl].[Gd+3].[Gd+3]. The Morgan fingerprint density at radius 1 is 0.229 bits per heavy atom. The third kappa shape index (κ3) is 81.0. The van der Waals surface area contributed by atoms with Crippen LogP contribution >= 0.6 is 17.9 Å². The quantitative estimate of drug-likeness (QED) is 0.0252. The Balaban J connectivity index is 0.00000270. The van der Waals surface area contributed by atoms with E-state index in [1.807, 2.05) is 24.5 Å². The van der Waals surface area contributed by atoms with Crippen molar-refractivity contribution in [3.8, 4) is 0 Å². The van der Waals surface area contributed by atoms with Crippen LogP contribution in [0.4, 0.5) is 0 Å². The van der Waals surface area contributed by atoms with Crippen LogP contribution in [0.5, 0.6) is 0 Å². The molecule has 4 rings (SSSR count). The molecule has 4 aliphatic heterocycles. The normalized spacial score (nSPS) is 19.0. The minimum atomic E-state index is -1.98. The number of β-amino-alcohol motifs (C(OH)–C–C–N with tert-alkyl or cyclic N) is 4. The number of hydrogen-bond acceptors (Lipinski definition) is 48. The third-order valence-electron chi connectivity index (χ3n) is 22.8. The van der Waals surface area contributed by atoms with Crippen molar-refractivity contribution in [2.75, 3.05) is 446 Å². The number of halogens is 3. The maximum Gasteiger partial charge on any atom is 3.00 e.